The van der Waals surface area contributed by atoms with Gasteiger partial charge in [0.1, 0.15) is 0 Å². The standard InChI is InChI=1S/C16H11ClN2O2/c1-10-4-2-3-5-13(10)16-18-15(19-21-16)14(20)11-6-8-12(17)9-7-11/h2-9H,1H3. The zero-order valence-electron chi connectivity index (χ0n) is 11.2. The van der Waals surface area contributed by atoms with Gasteiger partial charge in [-0.2, -0.15) is 4.98 Å². The van der Waals surface area contributed by atoms with Crippen LogP contribution in [-0.4, -0.2) is 15.9 Å². The van der Waals surface area contributed by atoms with E-state index in [1.807, 2.05) is 31.2 Å². The third-order valence-corrected chi connectivity index (χ3v) is 3.36. The number of aryl methyl sites for hydroxylation is 1. The first-order chi connectivity index (χ1) is 10.1. The fraction of sp³-hybridized carbons (Fsp3) is 0.0625. The first-order valence-electron chi connectivity index (χ1n) is 6.35. The highest BCUT2D eigenvalue weighted by atomic mass is 35.5. The van der Waals surface area contributed by atoms with Crippen LogP contribution in [0.2, 0.25) is 5.02 Å². The van der Waals surface area contributed by atoms with Gasteiger partial charge in [0, 0.05) is 16.1 Å². The van der Waals surface area contributed by atoms with E-state index in [0.29, 0.717) is 16.5 Å². The zero-order chi connectivity index (χ0) is 14.8. The minimum atomic E-state index is -0.296. The van der Waals surface area contributed by atoms with Gasteiger partial charge in [0.2, 0.25) is 11.6 Å². The highest BCUT2D eigenvalue weighted by Gasteiger charge is 2.18. The Hall–Kier alpha value is -2.46. The molecular formula is C16H11ClN2O2. The van der Waals surface area contributed by atoms with E-state index in [4.69, 9.17) is 16.1 Å². The maximum atomic E-state index is 12.3. The van der Waals surface area contributed by atoms with Crippen LogP contribution in [0.4, 0.5) is 0 Å². The Morgan fingerprint density at radius 3 is 2.52 bits per heavy atom. The van der Waals surface area contributed by atoms with Crippen LogP contribution < -0.4 is 0 Å². The third-order valence-electron chi connectivity index (χ3n) is 3.11. The molecular weight excluding hydrogens is 288 g/mol. The van der Waals surface area contributed by atoms with E-state index >= 15 is 0 Å². The number of nitrogens with zero attached hydrogens (tertiary/aromatic N) is 2. The summed E-state index contributed by atoms with van der Waals surface area (Å²) in [6.07, 6.45) is 0. The molecule has 4 nitrogen and oxygen atoms in total. The van der Waals surface area contributed by atoms with Gasteiger partial charge in [0.05, 0.1) is 0 Å². The monoisotopic (exact) mass is 298 g/mol. The largest absolute Gasteiger partial charge is 0.333 e. The van der Waals surface area contributed by atoms with Gasteiger partial charge in [-0.3, -0.25) is 4.79 Å². The highest BCUT2D eigenvalue weighted by molar-refractivity contribution is 6.30. The Labute approximate surface area is 126 Å². The molecule has 3 aromatic rings. The summed E-state index contributed by atoms with van der Waals surface area (Å²) in [6, 6.07) is 14.2. The molecule has 1 aromatic heterocycles. The summed E-state index contributed by atoms with van der Waals surface area (Å²) in [5, 5.41) is 4.33. The predicted octanol–water partition coefficient (Wildman–Crippen LogP) is 3.93. The van der Waals surface area contributed by atoms with E-state index in [-0.39, 0.29) is 11.6 Å². The maximum absolute atomic E-state index is 12.3. The molecule has 0 radical (unpaired) electrons. The number of aromatic nitrogens is 2. The third kappa shape index (κ3) is 2.71. The molecule has 21 heavy (non-hydrogen) atoms. The SMILES string of the molecule is Cc1ccccc1-c1nc(C(=O)c2ccc(Cl)cc2)no1. The van der Waals surface area contributed by atoms with Crippen LogP contribution in [-0.2, 0) is 0 Å². The number of halogens is 1. The van der Waals surface area contributed by atoms with Gasteiger partial charge >= 0.3 is 0 Å². The molecule has 0 aliphatic rings. The van der Waals surface area contributed by atoms with Gasteiger partial charge in [-0.1, -0.05) is 35.0 Å². The summed E-state index contributed by atoms with van der Waals surface area (Å²) < 4.78 is 5.19. The number of carbonyl (C=O) groups excluding carboxylic acids is 1. The van der Waals surface area contributed by atoms with Crippen molar-refractivity contribution in [2.24, 2.45) is 0 Å². The molecule has 0 saturated carbocycles. The van der Waals surface area contributed by atoms with Crippen LogP contribution in [0.15, 0.2) is 53.1 Å². The lowest BCUT2D eigenvalue weighted by Gasteiger charge is -1.98. The average Bonchev–Trinajstić information content (AvgIpc) is 2.97. The Balaban J connectivity index is 1.93. The second-order valence-corrected chi connectivity index (χ2v) is 5.01. The van der Waals surface area contributed by atoms with Crippen molar-refractivity contribution in [1.82, 2.24) is 10.1 Å². The molecule has 0 fully saturated rings. The number of hydrogen-bond acceptors (Lipinski definition) is 4. The first-order valence-corrected chi connectivity index (χ1v) is 6.73. The normalized spacial score (nSPS) is 10.6. The van der Waals surface area contributed by atoms with Crippen molar-refractivity contribution >= 4 is 17.4 Å². The van der Waals surface area contributed by atoms with Gasteiger partial charge in [-0.25, -0.2) is 0 Å². The van der Waals surface area contributed by atoms with E-state index in [1.54, 1.807) is 24.3 Å². The highest BCUT2D eigenvalue weighted by Crippen LogP contribution is 2.21. The van der Waals surface area contributed by atoms with Crippen LogP contribution in [0.5, 0.6) is 0 Å². The topological polar surface area (TPSA) is 56.0 Å². The summed E-state index contributed by atoms with van der Waals surface area (Å²) >= 11 is 5.80. The van der Waals surface area contributed by atoms with E-state index in [2.05, 4.69) is 10.1 Å². The summed E-state index contributed by atoms with van der Waals surface area (Å²) in [5.74, 6) is 0.0799. The van der Waals surface area contributed by atoms with Crippen molar-refractivity contribution in [3.8, 4) is 11.5 Å². The second-order valence-electron chi connectivity index (χ2n) is 4.57. The summed E-state index contributed by atoms with van der Waals surface area (Å²) in [6.45, 7) is 1.94. The molecule has 3 rings (SSSR count). The van der Waals surface area contributed by atoms with E-state index in [0.717, 1.165) is 11.1 Å². The van der Waals surface area contributed by atoms with Gasteiger partial charge in [0.15, 0.2) is 0 Å². The molecule has 0 atom stereocenters. The molecule has 0 aliphatic carbocycles. The summed E-state index contributed by atoms with van der Waals surface area (Å²) in [5.41, 5.74) is 2.29. The lowest BCUT2D eigenvalue weighted by Crippen LogP contribution is -2.03. The molecule has 1 heterocycles. The van der Waals surface area contributed by atoms with Gasteiger partial charge < -0.3 is 4.52 Å². The first kappa shape index (κ1) is 13.5. The van der Waals surface area contributed by atoms with Crippen molar-refractivity contribution < 1.29 is 9.32 Å². The number of hydrogen-bond donors (Lipinski definition) is 0. The number of rotatable bonds is 3. The molecule has 0 aliphatic heterocycles. The van der Waals surface area contributed by atoms with Crippen LogP contribution in [0.3, 0.4) is 0 Å². The molecule has 5 heteroatoms. The average molecular weight is 299 g/mol. The molecule has 0 unspecified atom stereocenters. The Morgan fingerprint density at radius 2 is 1.81 bits per heavy atom. The van der Waals surface area contributed by atoms with E-state index in [9.17, 15) is 4.79 Å². The number of carbonyl (C=O) groups is 1. The lowest BCUT2D eigenvalue weighted by molar-refractivity contribution is 0.102. The van der Waals surface area contributed by atoms with Crippen molar-refractivity contribution in [2.45, 2.75) is 6.92 Å². The minimum Gasteiger partial charge on any atom is -0.333 e. The molecule has 0 N–H and O–H groups in total. The van der Waals surface area contributed by atoms with E-state index in [1.165, 1.54) is 0 Å². The van der Waals surface area contributed by atoms with Crippen molar-refractivity contribution in [3.63, 3.8) is 0 Å². The fourth-order valence-corrected chi connectivity index (χ4v) is 2.09. The summed E-state index contributed by atoms with van der Waals surface area (Å²) in [7, 11) is 0. The van der Waals surface area contributed by atoms with Crippen LogP contribution >= 0.6 is 11.6 Å². The van der Waals surface area contributed by atoms with Crippen molar-refractivity contribution in [3.05, 3.63) is 70.5 Å². The van der Waals surface area contributed by atoms with Crippen LogP contribution in [0, 0.1) is 6.92 Å². The van der Waals surface area contributed by atoms with Gasteiger partial charge in [-0.05, 0) is 42.8 Å². The molecule has 0 amide bonds. The molecule has 2 aromatic carbocycles. The van der Waals surface area contributed by atoms with E-state index < -0.39 is 0 Å². The Bertz CT molecular complexity index is 794. The lowest BCUT2D eigenvalue weighted by atomic mass is 10.1. The fourth-order valence-electron chi connectivity index (χ4n) is 1.97. The quantitative estimate of drug-likeness (QED) is 0.687. The molecule has 104 valence electrons. The Morgan fingerprint density at radius 1 is 1.10 bits per heavy atom. The van der Waals surface area contributed by atoms with Gasteiger partial charge in [-0.15, -0.1) is 0 Å². The molecule has 0 saturated heterocycles. The molecule has 0 bridgehead atoms. The van der Waals surface area contributed by atoms with Crippen molar-refractivity contribution in [1.29, 1.82) is 0 Å². The van der Waals surface area contributed by atoms with Crippen LogP contribution in [0.25, 0.3) is 11.5 Å². The minimum absolute atomic E-state index is 0.0376. The Kier molecular flexibility index (Phi) is 3.54. The summed E-state index contributed by atoms with van der Waals surface area (Å²) in [4.78, 5) is 16.4. The predicted molar refractivity (Wildman–Crippen MR) is 79.4 cm³/mol. The van der Waals surface area contributed by atoms with Crippen molar-refractivity contribution in [2.75, 3.05) is 0 Å². The zero-order valence-corrected chi connectivity index (χ0v) is 12.0. The molecule has 0 spiro atoms. The van der Waals surface area contributed by atoms with Gasteiger partial charge in [0.25, 0.3) is 5.89 Å². The number of ketones is 1. The van der Waals surface area contributed by atoms with Crippen LogP contribution in [0.1, 0.15) is 21.7 Å². The maximum Gasteiger partial charge on any atom is 0.258 e. The smallest absolute Gasteiger partial charge is 0.258 e. The second kappa shape index (κ2) is 5.50. The number of benzene rings is 2.